The summed E-state index contributed by atoms with van der Waals surface area (Å²) in [6.45, 7) is 7.96. The number of amides is 1. The number of halogens is 1. The number of hydrogen-bond acceptors (Lipinski definition) is 1. The van der Waals surface area contributed by atoms with Crippen molar-refractivity contribution in [2.45, 2.75) is 59.4 Å². The Bertz CT molecular complexity index is 504. The van der Waals surface area contributed by atoms with Gasteiger partial charge in [0.2, 0.25) is 5.91 Å². The monoisotopic (exact) mass is 291 g/mol. The molecule has 1 saturated carbocycles. The fourth-order valence-electron chi connectivity index (χ4n) is 3.12. The van der Waals surface area contributed by atoms with Crippen LogP contribution in [0.5, 0.6) is 0 Å². The second kappa shape index (κ2) is 6.59. The lowest BCUT2D eigenvalue weighted by molar-refractivity contribution is -0.123. The smallest absolute Gasteiger partial charge is 0.230 e. The number of hydrogen-bond donors (Lipinski definition) is 0. The van der Waals surface area contributed by atoms with E-state index in [1.165, 1.54) is 6.07 Å². The lowest BCUT2D eigenvalue weighted by Gasteiger charge is -2.33. The van der Waals surface area contributed by atoms with Gasteiger partial charge in [0, 0.05) is 17.6 Å². The van der Waals surface area contributed by atoms with E-state index in [-0.39, 0.29) is 23.7 Å². The summed E-state index contributed by atoms with van der Waals surface area (Å²) in [7, 11) is 0. The molecule has 0 atom stereocenters. The number of carbonyl (C=O) groups is 1. The second-order valence-electron chi connectivity index (χ2n) is 6.69. The maximum Gasteiger partial charge on any atom is 0.230 e. The minimum absolute atomic E-state index is 0.0407. The Morgan fingerprint density at radius 2 is 1.86 bits per heavy atom. The molecule has 0 heterocycles. The van der Waals surface area contributed by atoms with Crippen molar-refractivity contribution in [3.63, 3.8) is 0 Å². The lowest BCUT2D eigenvalue weighted by Crippen LogP contribution is -2.42. The third-order valence-electron chi connectivity index (χ3n) is 4.55. The van der Waals surface area contributed by atoms with Crippen molar-refractivity contribution < 1.29 is 9.18 Å². The van der Waals surface area contributed by atoms with Crippen molar-refractivity contribution in [2.75, 3.05) is 4.90 Å². The van der Waals surface area contributed by atoms with Gasteiger partial charge in [-0.3, -0.25) is 4.79 Å². The summed E-state index contributed by atoms with van der Waals surface area (Å²) in [6, 6.07) is 5.12. The molecule has 0 saturated heterocycles. The van der Waals surface area contributed by atoms with E-state index in [1.807, 2.05) is 19.9 Å². The summed E-state index contributed by atoms with van der Waals surface area (Å²) in [5.41, 5.74) is 1.29. The second-order valence-corrected chi connectivity index (χ2v) is 6.69. The molecule has 1 aliphatic carbocycles. The summed E-state index contributed by atoms with van der Waals surface area (Å²) in [6.07, 6.45) is 4.14. The molecule has 0 aliphatic heterocycles. The summed E-state index contributed by atoms with van der Waals surface area (Å²) in [5.74, 6) is 0.717. The highest BCUT2D eigenvalue weighted by atomic mass is 19.1. The van der Waals surface area contributed by atoms with Crippen molar-refractivity contribution in [1.82, 2.24) is 0 Å². The van der Waals surface area contributed by atoms with Crippen LogP contribution >= 0.6 is 0 Å². The van der Waals surface area contributed by atoms with Gasteiger partial charge in [-0.2, -0.15) is 0 Å². The maximum atomic E-state index is 13.8. The van der Waals surface area contributed by atoms with Gasteiger partial charge in [-0.05, 0) is 70.1 Å². The van der Waals surface area contributed by atoms with Crippen molar-refractivity contribution in [3.8, 4) is 0 Å². The molecular weight excluding hydrogens is 265 g/mol. The van der Waals surface area contributed by atoms with Gasteiger partial charge in [-0.1, -0.05) is 13.0 Å². The molecule has 0 N–H and O–H groups in total. The molecule has 3 heteroatoms. The number of carbonyl (C=O) groups excluding carboxylic acids is 1. The van der Waals surface area contributed by atoms with Crippen LogP contribution in [0.4, 0.5) is 10.1 Å². The SMILES string of the molecule is Cc1ccc(N(C(=O)C2CCC(C)CC2)C(C)C)cc1F. The Morgan fingerprint density at radius 3 is 2.38 bits per heavy atom. The van der Waals surface area contributed by atoms with Crippen LogP contribution in [0.1, 0.15) is 52.0 Å². The standard InChI is InChI=1S/C18H26FNO/c1-12(2)20(16-10-7-14(4)17(19)11-16)18(21)15-8-5-13(3)6-9-15/h7,10-13,15H,5-6,8-9H2,1-4H3. The van der Waals surface area contributed by atoms with Crippen LogP contribution in [0.2, 0.25) is 0 Å². The van der Waals surface area contributed by atoms with Crippen LogP contribution in [-0.4, -0.2) is 11.9 Å². The zero-order valence-electron chi connectivity index (χ0n) is 13.5. The Kier molecular flexibility index (Phi) is 5.02. The molecule has 2 nitrogen and oxygen atoms in total. The van der Waals surface area contributed by atoms with Gasteiger partial charge < -0.3 is 4.90 Å². The zero-order chi connectivity index (χ0) is 15.6. The van der Waals surface area contributed by atoms with Crippen molar-refractivity contribution in [3.05, 3.63) is 29.6 Å². The van der Waals surface area contributed by atoms with E-state index in [1.54, 1.807) is 17.9 Å². The van der Waals surface area contributed by atoms with E-state index in [2.05, 4.69) is 6.92 Å². The molecule has 0 bridgehead atoms. The zero-order valence-corrected chi connectivity index (χ0v) is 13.5. The fraction of sp³-hybridized carbons (Fsp3) is 0.611. The molecular formula is C18H26FNO. The van der Waals surface area contributed by atoms with Gasteiger partial charge in [-0.25, -0.2) is 4.39 Å². The van der Waals surface area contributed by atoms with E-state index in [0.717, 1.165) is 31.6 Å². The average molecular weight is 291 g/mol. The quantitative estimate of drug-likeness (QED) is 0.790. The first-order chi connectivity index (χ1) is 9.90. The maximum absolute atomic E-state index is 13.8. The largest absolute Gasteiger partial charge is 0.310 e. The van der Waals surface area contributed by atoms with Gasteiger partial charge >= 0.3 is 0 Å². The highest BCUT2D eigenvalue weighted by molar-refractivity contribution is 5.95. The molecule has 116 valence electrons. The number of aryl methyl sites for hydroxylation is 1. The first-order valence-electron chi connectivity index (χ1n) is 7.99. The lowest BCUT2D eigenvalue weighted by atomic mass is 9.82. The van der Waals surface area contributed by atoms with Crippen LogP contribution < -0.4 is 4.90 Å². The van der Waals surface area contributed by atoms with Crippen LogP contribution in [0.25, 0.3) is 0 Å². The third-order valence-corrected chi connectivity index (χ3v) is 4.55. The van der Waals surface area contributed by atoms with Crippen LogP contribution in [0, 0.1) is 24.6 Å². The van der Waals surface area contributed by atoms with Crippen molar-refractivity contribution in [2.24, 2.45) is 11.8 Å². The third kappa shape index (κ3) is 3.63. The molecule has 1 aromatic carbocycles. The highest BCUT2D eigenvalue weighted by Gasteiger charge is 2.30. The Labute approximate surface area is 127 Å². The van der Waals surface area contributed by atoms with E-state index in [4.69, 9.17) is 0 Å². The van der Waals surface area contributed by atoms with Crippen molar-refractivity contribution in [1.29, 1.82) is 0 Å². The normalized spacial score (nSPS) is 22.4. The predicted molar refractivity (Wildman–Crippen MR) is 84.9 cm³/mol. The van der Waals surface area contributed by atoms with Crippen LogP contribution in [-0.2, 0) is 4.79 Å². The first kappa shape index (κ1) is 16.0. The number of anilines is 1. The molecule has 2 rings (SSSR count). The van der Waals surface area contributed by atoms with Gasteiger partial charge in [-0.15, -0.1) is 0 Å². The number of benzene rings is 1. The molecule has 0 radical (unpaired) electrons. The van der Waals surface area contributed by atoms with Crippen LogP contribution in [0.15, 0.2) is 18.2 Å². The molecule has 1 aromatic rings. The number of rotatable bonds is 3. The molecule has 0 aromatic heterocycles. The summed E-state index contributed by atoms with van der Waals surface area (Å²) in [5, 5.41) is 0. The van der Waals surface area contributed by atoms with E-state index < -0.39 is 0 Å². The molecule has 1 fully saturated rings. The molecule has 1 aliphatic rings. The Balaban J connectivity index is 2.22. The minimum atomic E-state index is -0.247. The summed E-state index contributed by atoms with van der Waals surface area (Å²) in [4.78, 5) is 14.6. The van der Waals surface area contributed by atoms with Gasteiger partial charge in [0.05, 0.1) is 0 Å². The van der Waals surface area contributed by atoms with Gasteiger partial charge in [0.1, 0.15) is 5.82 Å². The Hall–Kier alpha value is -1.38. The topological polar surface area (TPSA) is 20.3 Å². The highest BCUT2D eigenvalue weighted by Crippen LogP contribution is 2.32. The van der Waals surface area contributed by atoms with E-state index >= 15 is 0 Å². The Morgan fingerprint density at radius 1 is 1.24 bits per heavy atom. The summed E-state index contributed by atoms with van der Waals surface area (Å²) >= 11 is 0. The van der Waals surface area contributed by atoms with Crippen LogP contribution in [0.3, 0.4) is 0 Å². The fourth-order valence-corrected chi connectivity index (χ4v) is 3.12. The van der Waals surface area contributed by atoms with Crippen molar-refractivity contribution >= 4 is 11.6 Å². The molecule has 21 heavy (non-hydrogen) atoms. The first-order valence-corrected chi connectivity index (χ1v) is 7.99. The van der Waals surface area contributed by atoms with E-state index in [0.29, 0.717) is 11.3 Å². The summed E-state index contributed by atoms with van der Waals surface area (Å²) < 4.78 is 13.8. The van der Waals surface area contributed by atoms with E-state index in [9.17, 15) is 9.18 Å². The molecule has 1 amide bonds. The number of nitrogens with zero attached hydrogens (tertiary/aromatic N) is 1. The van der Waals surface area contributed by atoms with Gasteiger partial charge in [0.15, 0.2) is 0 Å². The minimum Gasteiger partial charge on any atom is -0.310 e. The predicted octanol–water partition coefficient (Wildman–Crippen LogP) is 4.70. The molecule has 0 unspecified atom stereocenters. The molecule has 0 spiro atoms. The average Bonchev–Trinajstić information content (AvgIpc) is 2.43. The van der Waals surface area contributed by atoms with Gasteiger partial charge in [0.25, 0.3) is 0 Å².